The fourth-order valence-electron chi connectivity index (χ4n) is 9.97. The van der Waals surface area contributed by atoms with Crippen LogP contribution in [0.2, 0.25) is 0 Å². The third-order valence-corrected chi connectivity index (χ3v) is 13.3. The summed E-state index contributed by atoms with van der Waals surface area (Å²) < 4.78 is 28.3. The summed E-state index contributed by atoms with van der Waals surface area (Å²) in [6, 6.07) is 33.0. The Morgan fingerprint density at radius 3 is 1.29 bits per heavy atom. The van der Waals surface area contributed by atoms with Gasteiger partial charge < -0.3 is 44.1 Å². The van der Waals surface area contributed by atoms with E-state index in [1.165, 1.54) is 33.4 Å². The van der Waals surface area contributed by atoms with Crippen molar-refractivity contribution in [1.29, 1.82) is 0 Å². The molecule has 4 N–H and O–H groups in total. The van der Waals surface area contributed by atoms with Crippen molar-refractivity contribution in [3.63, 3.8) is 0 Å². The normalized spacial score (nSPS) is 26.3. The molecule has 0 spiro atoms. The van der Waals surface area contributed by atoms with Gasteiger partial charge in [0.2, 0.25) is 0 Å². The number of aliphatic hydroxyl groups excluding tert-OH is 4. The second-order valence-electron chi connectivity index (χ2n) is 19.0. The van der Waals surface area contributed by atoms with Gasteiger partial charge in [-0.3, -0.25) is 9.59 Å². The molecule has 2 saturated carbocycles. The monoisotopic (exact) mass is 864 g/mol. The van der Waals surface area contributed by atoms with E-state index in [-0.39, 0.29) is 97.9 Å². The molecule has 4 aromatic carbocycles. The molecule has 8 atom stereocenters. The highest BCUT2D eigenvalue weighted by atomic mass is 16.8. The number of esters is 2. The van der Waals surface area contributed by atoms with Crippen LogP contribution < -0.4 is 0 Å². The molecule has 3 fully saturated rings. The molecule has 63 heavy (non-hydrogen) atoms. The van der Waals surface area contributed by atoms with Crippen molar-refractivity contribution in [2.45, 2.75) is 108 Å². The standard InChI is InChI=1S/C25H28O5.C22H24O5.C5H12O/c1-25(2)29-23-15(11-16(13-26)24(23)30-25)12-22(27)28-14-21-19-9-5-3-7-17(19)18-8-4-6-10-20(18)21;23-11-14-9-13(21(25)22(14)26)10-20(24)27-12-19-17-7-3-1-5-15(17)16-6-2-4-8-18(16)19;1-5(2,3)6-4/h3-10,15-16,21,23-24,26H,11-14H2,1-2H3;1-8,13-14,19,21-23,25-26H,9-12H2;1-4H3/t15-,16+,23-,24+;13-,14+,21-,22+;/m00./s1. The van der Waals surface area contributed by atoms with Crippen LogP contribution >= 0.6 is 0 Å². The number of methoxy groups -OCH3 is 1. The lowest BCUT2D eigenvalue weighted by atomic mass is 9.98. The largest absolute Gasteiger partial charge is 0.465 e. The first kappa shape index (κ1) is 46.5. The number of carbonyl (C=O) groups excluding carboxylic acids is 2. The van der Waals surface area contributed by atoms with Gasteiger partial charge in [0.1, 0.15) is 13.2 Å². The molecule has 4 aromatic rings. The van der Waals surface area contributed by atoms with E-state index < -0.39 is 18.0 Å². The zero-order chi connectivity index (χ0) is 45.1. The third-order valence-electron chi connectivity index (χ3n) is 13.3. The van der Waals surface area contributed by atoms with Gasteiger partial charge in [-0.15, -0.1) is 0 Å². The lowest BCUT2D eigenvalue weighted by Gasteiger charge is -2.23. The predicted octanol–water partition coefficient (Wildman–Crippen LogP) is 7.39. The summed E-state index contributed by atoms with van der Waals surface area (Å²) >= 11 is 0. The Labute approximate surface area is 371 Å². The minimum absolute atomic E-state index is 0.00293. The summed E-state index contributed by atoms with van der Waals surface area (Å²) in [7, 11) is 1.71. The van der Waals surface area contributed by atoms with E-state index in [0.29, 0.717) is 19.4 Å². The highest BCUT2D eigenvalue weighted by Gasteiger charge is 2.54. The second-order valence-corrected chi connectivity index (χ2v) is 19.0. The number of benzene rings is 4. The Bertz CT molecular complexity index is 2100. The Kier molecular flexibility index (Phi) is 14.6. The first-order valence-electron chi connectivity index (χ1n) is 22.3. The van der Waals surface area contributed by atoms with Crippen molar-refractivity contribution in [3.05, 3.63) is 119 Å². The lowest BCUT2D eigenvalue weighted by molar-refractivity contribution is -0.166. The van der Waals surface area contributed by atoms with E-state index in [1.54, 1.807) is 7.11 Å². The van der Waals surface area contributed by atoms with Crippen molar-refractivity contribution in [1.82, 2.24) is 0 Å². The van der Waals surface area contributed by atoms with E-state index in [9.17, 15) is 30.0 Å². The molecule has 1 saturated heterocycles. The molecule has 1 aliphatic heterocycles. The van der Waals surface area contributed by atoms with Crippen LogP contribution in [0, 0.1) is 23.7 Å². The molecule has 5 aliphatic rings. The highest BCUT2D eigenvalue weighted by molar-refractivity contribution is 5.80. The van der Waals surface area contributed by atoms with Crippen LogP contribution in [0.3, 0.4) is 0 Å². The van der Waals surface area contributed by atoms with Gasteiger partial charge in [-0.2, -0.15) is 0 Å². The molecule has 0 radical (unpaired) electrons. The number of rotatable bonds is 10. The number of hydrogen-bond acceptors (Lipinski definition) is 11. The number of ether oxygens (including phenoxy) is 5. The summed E-state index contributed by atoms with van der Waals surface area (Å²) in [5.74, 6) is -1.97. The Hall–Kier alpha value is -4.46. The number of fused-ring (bicyclic) bond motifs is 7. The molecule has 338 valence electrons. The summed E-state index contributed by atoms with van der Waals surface area (Å²) in [6.07, 6.45) is -0.842. The van der Waals surface area contributed by atoms with Gasteiger partial charge in [-0.25, -0.2) is 0 Å². The van der Waals surface area contributed by atoms with Crippen molar-refractivity contribution in [2.75, 3.05) is 33.5 Å². The Morgan fingerprint density at radius 1 is 0.587 bits per heavy atom. The van der Waals surface area contributed by atoms with Crippen LogP contribution in [-0.2, 0) is 33.3 Å². The van der Waals surface area contributed by atoms with Crippen LogP contribution in [0.1, 0.15) is 94.4 Å². The first-order chi connectivity index (χ1) is 30.1. The molecule has 9 rings (SSSR count). The van der Waals surface area contributed by atoms with Gasteiger partial charge in [0.05, 0.1) is 42.9 Å². The zero-order valence-corrected chi connectivity index (χ0v) is 37.3. The van der Waals surface area contributed by atoms with Crippen LogP contribution in [0.5, 0.6) is 0 Å². The summed E-state index contributed by atoms with van der Waals surface area (Å²) in [6.45, 7) is 10.3. The second kappa shape index (κ2) is 19.7. The average molecular weight is 865 g/mol. The van der Waals surface area contributed by atoms with E-state index in [0.717, 1.165) is 11.1 Å². The van der Waals surface area contributed by atoms with Crippen LogP contribution in [0.25, 0.3) is 22.3 Å². The highest BCUT2D eigenvalue weighted by Crippen LogP contribution is 2.48. The molecule has 0 amide bonds. The topological polar surface area (TPSA) is 161 Å². The van der Waals surface area contributed by atoms with Gasteiger partial charge in [0.15, 0.2) is 5.79 Å². The van der Waals surface area contributed by atoms with E-state index >= 15 is 0 Å². The summed E-state index contributed by atoms with van der Waals surface area (Å²) in [5, 5.41) is 38.9. The molecule has 0 bridgehead atoms. The van der Waals surface area contributed by atoms with E-state index in [4.69, 9.17) is 23.7 Å². The lowest BCUT2D eigenvalue weighted by Crippen LogP contribution is -2.30. The summed E-state index contributed by atoms with van der Waals surface area (Å²) in [4.78, 5) is 25.1. The molecule has 1 heterocycles. The van der Waals surface area contributed by atoms with Crippen LogP contribution in [-0.4, -0.2) is 102 Å². The van der Waals surface area contributed by atoms with E-state index in [2.05, 4.69) is 48.5 Å². The van der Waals surface area contributed by atoms with Crippen molar-refractivity contribution in [3.8, 4) is 22.3 Å². The van der Waals surface area contributed by atoms with E-state index in [1.807, 2.05) is 83.1 Å². The Balaban J connectivity index is 0.000000168. The number of aliphatic hydroxyl groups is 4. The quantitative estimate of drug-likeness (QED) is 0.118. The molecule has 11 heteroatoms. The molecular weight excluding hydrogens is 801 g/mol. The van der Waals surface area contributed by atoms with Crippen molar-refractivity contribution >= 4 is 11.9 Å². The van der Waals surface area contributed by atoms with Crippen molar-refractivity contribution in [2.24, 2.45) is 23.7 Å². The minimum atomic E-state index is -0.998. The van der Waals surface area contributed by atoms with Gasteiger partial charge in [-0.05, 0) is 104 Å². The minimum Gasteiger partial charge on any atom is -0.465 e. The van der Waals surface area contributed by atoms with Crippen molar-refractivity contribution < 1.29 is 53.7 Å². The number of carbonyl (C=O) groups is 2. The van der Waals surface area contributed by atoms with Gasteiger partial charge >= 0.3 is 11.9 Å². The SMILES string of the molecule is CC1(C)O[C@@H]2[C@@H](CO)C[C@@H](CC(=O)OCC3c4ccccc4-c4ccccc43)[C@@H]2O1.COC(C)(C)C.O=C(C[C@@H]1C[C@H](CO)[C@@H](O)[C@H]1O)OCC1c2ccccc2-c2ccccc21. The fraction of sp³-hybridized carbons (Fsp3) is 0.500. The van der Waals surface area contributed by atoms with Crippen LogP contribution in [0.15, 0.2) is 97.1 Å². The van der Waals surface area contributed by atoms with Gasteiger partial charge in [0.25, 0.3) is 0 Å². The maximum atomic E-state index is 12.7. The zero-order valence-electron chi connectivity index (χ0n) is 37.3. The number of hydrogen-bond donors (Lipinski definition) is 4. The maximum Gasteiger partial charge on any atom is 0.306 e. The third kappa shape index (κ3) is 10.4. The average Bonchev–Trinajstić information content (AvgIpc) is 4.04. The van der Waals surface area contributed by atoms with Gasteiger partial charge in [-0.1, -0.05) is 97.1 Å². The maximum absolute atomic E-state index is 12.7. The molecule has 0 unspecified atom stereocenters. The smallest absolute Gasteiger partial charge is 0.306 e. The summed E-state index contributed by atoms with van der Waals surface area (Å²) in [5.41, 5.74) is 9.56. The fourth-order valence-corrected chi connectivity index (χ4v) is 9.97. The Morgan fingerprint density at radius 2 is 0.921 bits per heavy atom. The molecule has 4 aliphatic carbocycles. The first-order valence-corrected chi connectivity index (χ1v) is 22.3. The molecule has 11 nitrogen and oxygen atoms in total. The predicted molar refractivity (Wildman–Crippen MR) is 239 cm³/mol. The van der Waals surface area contributed by atoms with Crippen LogP contribution in [0.4, 0.5) is 0 Å². The molecular formula is C52H64O11. The molecule has 0 aromatic heterocycles. The van der Waals surface area contributed by atoms with Gasteiger partial charge in [0, 0.05) is 44.0 Å².